The quantitative estimate of drug-likeness (QED) is 0.930. The van der Waals surface area contributed by atoms with Crippen LogP contribution in [0.4, 0.5) is 14.9 Å². The summed E-state index contributed by atoms with van der Waals surface area (Å²) >= 11 is 0. The number of alkyl carbamates (subject to hydrolysis) is 1. The lowest BCUT2D eigenvalue weighted by atomic mass is 10.0. The molecule has 1 saturated heterocycles. The van der Waals surface area contributed by atoms with Crippen molar-refractivity contribution in [2.24, 2.45) is 5.10 Å². The number of anilines is 1. The monoisotopic (exact) mass is 340 g/mol. The first kappa shape index (κ1) is 15.4. The fourth-order valence-corrected chi connectivity index (χ4v) is 2.98. The summed E-state index contributed by atoms with van der Waals surface area (Å²) in [7, 11) is 0. The number of cyclic esters (lactones) is 1. The Labute approximate surface area is 144 Å². The minimum absolute atomic E-state index is 0.279. The number of nitrogens with zero attached hydrogens (tertiary/aromatic N) is 3. The lowest BCUT2D eigenvalue weighted by molar-refractivity contribution is 0.109. The molecular weight excluding hydrogens is 323 g/mol. The number of amides is 1. The van der Waals surface area contributed by atoms with Crippen molar-refractivity contribution in [3.63, 3.8) is 0 Å². The smallest absolute Gasteiger partial charge is 0.407 e. The van der Waals surface area contributed by atoms with Crippen molar-refractivity contribution in [1.29, 1.82) is 0 Å². The Balaban J connectivity index is 1.53. The number of hydrazine groups is 1. The van der Waals surface area contributed by atoms with Gasteiger partial charge in [-0.3, -0.25) is 5.01 Å². The van der Waals surface area contributed by atoms with E-state index in [9.17, 15) is 9.18 Å². The first-order chi connectivity index (χ1) is 12.2. The average molecular weight is 340 g/mol. The molecule has 2 aromatic carbocycles. The zero-order valence-electron chi connectivity index (χ0n) is 13.4. The van der Waals surface area contributed by atoms with Gasteiger partial charge in [0.25, 0.3) is 0 Å². The Kier molecular flexibility index (Phi) is 3.97. The lowest BCUT2D eigenvalue weighted by Gasteiger charge is -2.30. The van der Waals surface area contributed by atoms with E-state index >= 15 is 0 Å². The van der Waals surface area contributed by atoms with Gasteiger partial charge in [-0.05, 0) is 23.8 Å². The molecule has 0 unspecified atom stereocenters. The van der Waals surface area contributed by atoms with Gasteiger partial charge in [0, 0.05) is 11.8 Å². The van der Waals surface area contributed by atoms with E-state index in [2.05, 4.69) is 10.4 Å². The van der Waals surface area contributed by atoms with Gasteiger partial charge in [-0.25, -0.2) is 14.3 Å². The van der Waals surface area contributed by atoms with Crippen molar-refractivity contribution in [3.05, 3.63) is 54.3 Å². The van der Waals surface area contributed by atoms with Crippen LogP contribution in [0.5, 0.6) is 0 Å². The van der Waals surface area contributed by atoms with Crippen LogP contribution >= 0.6 is 0 Å². The number of nitrogens with one attached hydrogen (secondary N) is 1. The maximum absolute atomic E-state index is 14.6. The van der Waals surface area contributed by atoms with Crippen molar-refractivity contribution < 1.29 is 13.9 Å². The fourth-order valence-electron chi connectivity index (χ4n) is 2.98. The third-order valence-electron chi connectivity index (χ3n) is 4.20. The summed E-state index contributed by atoms with van der Waals surface area (Å²) in [6.07, 6.45) is 1.05. The van der Waals surface area contributed by atoms with Crippen LogP contribution in [-0.4, -0.2) is 43.2 Å². The molecule has 1 atom stereocenters. The predicted octanol–water partition coefficient (Wildman–Crippen LogP) is 2.62. The summed E-state index contributed by atoms with van der Waals surface area (Å²) in [5, 5.41) is 10.4. The minimum Gasteiger partial charge on any atom is -0.442 e. The summed E-state index contributed by atoms with van der Waals surface area (Å²) in [6, 6.07) is 14.6. The third-order valence-corrected chi connectivity index (χ3v) is 4.20. The highest BCUT2D eigenvalue weighted by Gasteiger charge is 2.28. The van der Waals surface area contributed by atoms with Crippen LogP contribution in [0.1, 0.15) is 0 Å². The van der Waals surface area contributed by atoms with Crippen LogP contribution < -0.4 is 10.3 Å². The van der Waals surface area contributed by atoms with Crippen molar-refractivity contribution in [2.75, 3.05) is 24.6 Å². The average Bonchev–Trinajstić information content (AvgIpc) is 3.25. The van der Waals surface area contributed by atoms with Gasteiger partial charge in [-0.15, -0.1) is 0 Å². The van der Waals surface area contributed by atoms with Crippen molar-refractivity contribution in [1.82, 2.24) is 10.4 Å². The van der Waals surface area contributed by atoms with E-state index < -0.39 is 6.09 Å². The van der Waals surface area contributed by atoms with Crippen LogP contribution in [0.25, 0.3) is 11.1 Å². The second kappa shape index (κ2) is 6.43. The highest BCUT2D eigenvalue weighted by molar-refractivity contribution is 5.71. The summed E-state index contributed by atoms with van der Waals surface area (Å²) in [6.45, 7) is 1.40. The number of ether oxygens (including phenoxy) is 1. The van der Waals surface area contributed by atoms with E-state index in [1.54, 1.807) is 17.4 Å². The van der Waals surface area contributed by atoms with Gasteiger partial charge in [0.2, 0.25) is 0 Å². The van der Waals surface area contributed by atoms with E-state index in [0.29, 0.717) is 30.9 Å². The molecule has 1 amide bonds. The molecule has 128 valence electrons. The normalized spacial score (nSPS) is 19.2. The third kappa shape index (κ3) is 3.13. The second-order valence-electron chi connectivity index (χ2n) is 5.87. The maximum Gasteiger partial charge on any atom is 0.407 e. The molecule has 6 nitrogen and oxygen atoms in total. The molecule has 0 spiro atoms. The van der Waals surface area contributed by atoms with Crippen LogP contribution in [0.15, 0.2) is 53.6 Å². The number of hydrazone groups is 1. The van der Waals surface area contributed by atoms with E-state index in [0.717, 1.165) is 5.56 Å². The van der Waals surface area contributed by atoms with Crippen LogP contribution in [0.2, 0.25) is 0 Å². The van der Waals surface area contributed by atoms with E-state index in [4.69, 9.17) is 4.74 Å². The Morgan fingerprint density at radius 2 is 2.08 bits per heavy atom. The van der Waals surface area contributed by atoms with Gasteiger partial charge in [0.1, 0.15) is 11.9 Å². The molecule has 0 aromatic heterocycles. The standard InChI is InChI=1S/C18H17FN4O2/c19-17-10-14(6-7-16(17)13-4-2-1-3-5-13)22-9-8-21-23(22)12-15-11-20-18(24)25-15/h1-8,10,15H,9,11-12H2,(H,20,24)/t15-/m1/s1. The fraction of sp³-hybridized carbons (Fsp3) is 0.222. The molecule has 2 aromatic rings. The van der Waals surface area contributed by atoms with Crippen LogP contribution in [0, 0.1) is 5.82 Å². The summed E-state index contributed by atoms with van der Waals surface area (Å²) in [4.78, 5) is 11.1. The molecule has 4 rings (SSSR count). The number of rotatable bonds is 4. The molecule has 25 heavy (non-hydrogen) atoms. The van der Waals surface area contributed by atoms with Gasteiger partial charge in [0.05, 0.1) is 25.3 Å². The SMILES string of the molecule is O=C1NC[C@H](CN2N=CCN2c2ccc(-c3ccccc3)c(F)c2)O1. The number of hydrogen-bond acceptors (Lipinski definition) is 5. The predicted molar refractivity (Wildman–Crippen MR) is 92.7 cm³/mol. The summed E-state index contributed by atoms with van der Waals surface area (Å²) in [5.41, 5.74) is 2.10. The Bertz CT molecular complexity index is 812. The lowest BCUT2D eigenvalue weighted by Crippen LogP contribution is -2.41. The van der Waals surface area contributed by atoms with Gasteiger partial charge in [-0.2, -0.15) is 5.10 Å². The zero-order chi connectivity index (χ0) is 17.2. The Morgan fingerprint density at radius 1 is 1.24 bits per heavy atom. The van der Waals surface area contributed by atoms with Gasteiger partial charge >= 0.3 is 6.09 Å². The van der Waals surface area contributed by atoms with E-state index in [1.165, 1.54) is 6.07 Å². The zero-order valence-corrected chi connectivity index (χ0v) is 13.4. The molecule has 0 saturated carbocycles. The number of hydrogen-bond donors (Lipinski definition) is 1. The minimum atomic E-state index is -0.419. The number of benzene rings is 2. The topological polar surface area (TPSA) is 57.2 Å². The first-order valence-electron chi connectivity index (χ1n) is 8.07. The van der Waals surface area contributed by atoms with E-state index in [1.807, 2.05) is 41.4 Å². The van der Waals surface area contributed by atoms with Gasteiger partial charge < -0.3 is 10.1 Å². The first-order valence-corrected chi connectivity index (χ1v) is 8.07. The highest BCUT2D eigenvalue weighted by atomic mass is 19.1. The molecule has 1 N–H and O–H groups in total. The maximum atomic E-state index is 14.6. The second-order valence-corrected chi connectivity index (χ2v) is 5.87. The Morgan fingerprint density at radius 3 is 2.80 bits per heavy atom. The molecule has 0 bridgehead atoms. The van der Waals surface area contributed by atoms with E-state index in [-0.39, 0.29) is 11.9 Å². The Hall–Kier alpha value is -3.09. The molecule has 1 fully saturated rings. The molecule has 2 aliphatic heterocycles. The summed E-state index contributed by atoms with van der Waals surface area (Å²) in [5.74, 6) is -0.287. The largest absolute Gasteiger partial charge is 0.442 e. The van der Waals surface area contributed by atoms with Crippen molar-refractivity contribution in [3.8, 4) is 11.1 Å². The molecule has 2 heterocycles. The van der Waals surface area contributed by atoms with Crippen molar-refractivity contribution in [2.45, 2.75) is 6.10 Å². The highest BCUT2D eigenvalue weighted by Crippen LogP contribution is 2.28. The molecule has 0 aliphatic carbocycles. The van der Waals surface area contributed by atoms with Crippen molar-refractivity contribution >= 4 is 18.0 Å². The molecule has 2 aliphatic rings. The van der Waals surface area contributed by atoms with Gasteiger partial charge in [0.15, 0.2) is 0 Å². The van der Waals surface area contributed by atoms with Crippen LogP contribution in [0.3, 0.4) is 0 Å². The molecule has 0 radical (unpaired) electrons. The number of carbonyl (C=O) groups excluding carboxylic acids is 1. The number of carbonyl (C=O) groups is 1. The van der Waals surface area contributed by atoms with Crippen LogP contribution in [-0.2, 0) is 4.74 Å². The summed E-state index contributed by atoms with van der Waals surface area (Å²) < 4.78 is 19.7. The van der Waals surface area contributed by atoms with Gasteiger partial charge in [-0.1, -0.05) is 30.3 Å². The number of halogens is 1. The molecule has 7 heteroatoms. The molecular formula is C18H17FN4O2.